The van der Waals surface area contributed by atoms with Gasteiger partial charge in [0.15, 0.2) is 41.1 Å². The first-order chi connectivity index (χ1) is 44.6. The average Bonchev–Trinajstić information content (AvgIpc) is 1.56. The molecule has 0 amide bonds. The Balaban J connectivity index is 0.000000155. The Labute approximate surface area is 576 Å². The van der Waals surface area contributed by atoms with Gasteiger partial charge in [0.05, 0.1) is 98.4 Å². The highest BCUT2D eigenvalue weighted by Gasteiger charge is 2.52. The van der Waals surface area contributed by atoms with Crippen LogP contribution in [0.15, 0.2) is 147 Å². The fourth-order valence-electron chi connectivity index (χ4n) is 12.3. The number of carbonyl (C=O) groups excluding carboxylic acids is 1. The van der Waals surface area contributed by atoms with E-state index in [9.17, 15) is 40.6 Å². The molecule has 2 spiro atoms. The summed E-state index contributed by atoms with van der Waals surface area (Å²) in [6.07, 6.45) is 8.48. The molecule has 0 unspecified atom stereocenters. The van der Waals surface area contributed by atoms with E-state index in [0.717, 1.165) is 78.0 Å². The van der Waals surface area contributed by atoms with Crippen molar-refractivity contribution in [3.63, 3.8) is 0 Å². The van der Waals surface area contributed by atoms with Gasteiger partial charge in [-0.2, -0.15) is 15.8 Å². The number of nitriles is 3. The summed E-state index contributed by atoms with van der Waals surface area (Å²) in [5.41, 5.74) is 4.45. The third kappa shape index (κ3) is 18.4. The molecule has 6 aliphatic rings. The lowest BCUT2D eigenvalue weighted by Crippen LogP contribution is -2.41. The van der Waals surface area contributed by atoms with Crippen LogP contribution in [-0.2, 0) is 62.6 Å². The van der Waals surface area contributed by atoms with Gasteiger partial charge in [0.25, 0.3) is 0 Å². The molecule has 3 aliphatic heterocycles. The third-order valence-electron chi connectivity index (χ3n) is 18.5. The minimum atomic E-state index is -3.40. The second kappa shape index (κ2) is 30.9. The summed E-state index contributed by atoms with van der Waals surface area (Å²) in [7, 11) is -10.6. The van der Waals surface area contributed by atoms with E-state index in [4.69, 9.17) is 68.3 Å². The van der Waals surface area contributed by atoms with E-state index in [1.165, 1.54) is 0 Å². The van der Waals surface area contributed by atoms with Crippen LogP contribution < -0.4 is 5.46 Å². The van der Waals surface area contributed by atoms with Crippen LogP contribution in [0, 0.1) is 51.7 Å². The summed E-state index contributed by atoms with van der Waals surface area (Å²) < 4.78 is 113. The van der Waals surface area contributed by atoms with Crippen LogP contribution in [-0.4, -0.2) is 105 Å². The van der Waals surface area contributed by atoms with Gasteiger partial charge < -0.3 is 28.3 Å². The van der Waals surface area contributed by atoms with Gasteiger partial charge in [-0.15, -0.1) is 0 Å². The van der Waals surface area contributed by atoms with Gasteiger partial charge in [0.1, 0.15) is 11.9 Å². The van der Waals surface area contributed by atoms with Crippen molar-refractivity contribution in [1.82, 2.24) is 0 Å². The molecule has 24 heteroatoms. The molecule has 0 N–H and O–H groups in total. The second-order valence-corrected chi connectivity index (χ2v) is 33.7. The quantitative estimate of drug-likeness (QED) is 0.103. The van der Waals surface area contributed by atoms with Crippen LogP contribution in [0.25, 0.3) is 22.3 Å². The van der Waals surface area contributed by atoms with Crippen LogP contribution in [0.2, 0.25) is 15.1 Å². The standard InChI is InChI=1S/C22H22ClNO4S.C21H31BO6S.C20H18ClNO3S.C7H3BrClN/c23-19-3-6-21(18(13-19)14-24)17-1-4-20(5-2-17)29(25,26)15-16-7-9-22(10-8-16)27-11-12-28-22;1-19(2)20(3,4)28-22(27-19)17-5-7-18(8-6-17)29(23,24)15-16-9-11-21(12-10-16)25-13-14-26-21;21-17-5-10-20(16(11-17)12-22)15-3-8-19(9-4-15)26(24,25)13-14-1-6-18(23)7-2-14;8-7-2-1-6(9)3-5(7)4-10/h1-6,13,16H,7-12,15H2;5-8,16H,9-15H2,1-4H3;3-5,8-11,14H,1-2,6-7,13H2;1-3H. The SMILES string of the molecule is CC1(C)OB(c2ccc(S(=O)(=O)CC3CCC4(CC3)OCCO4)cc2)OC1(C)C.N#Cc1cc(Cl)ccc1-c1ccc(S(=O)(=O)CC2CCC(=O)CC2)cc1.N#Cc1cc(Cl)ccc1-c1ccc(S(=O)(=O)CC2CCC3(CC2)OCCO3)cc1.N#Cc1cc(Cl)ccc1Br. The lowest BCUT2D eigenvalue weighted by molar-refractivity contribution is -0.181. The first-order valence-electron chi connectivity index (χ1n) is 31.2. The molecule has 94 heavy (non-hydrogen) atoms. The van der Waals surface area contributed by atoms with E-state index in [1.54, 1.807) is 127 Å². The highest BCUT2D eigenvalue weighted by atomic mass is 79.9. The van der Waals surface area contributed by atoms with Gasteiger partial charge in [-0.1, -0.05) is 83.3 Å². The van der Waals surface area contributed by atoms with E-state index in [-0.39, 0.29) is 45.7 Å². The van der Waals surface area contributed by atoms with Crippen molar-refractivity contribution in [3.05, 3.63) is 164 Å². The number of hydrogen-bond acceptors (Lipinski definition) is 16. The molecule has 3 saturated carbocycles. The molecule has 0 radical (unpaired) electrons. The number of rotatable bonds is 12. The Morgan fingerprint density at radius 2 is 0.787 bits per heavy atom. The van der Waals surface area contributed by atoms with Crippen LogP contribution in [0.1, 0.15) is 121 Å². The molecule has 12 rings (SSSR count). The molecule has 3 saturated heterocycles. The van der Waals surface area contributed by atoms with Gasteiger partial charge in [-0.05, 0) is 206 Å². The smallest absolute Gasteiger partial charge is 0.399 e. The number of ketones is 1. The maximum Gasteiger partial charge on any atom is 0.494 e. The van der Waals surface area contributed by atoms with Crippen molar-refractivity contribution in [2.24, 2.45) is 17.8 Å². The van der Waals surface area contributed by atoms with Crippen molar-refractivity contribution >= 4 is 98.6 Å². The number of Topliss-reactive ketones (excluding diaryl/α,β-unsaturated/α-hetero) is 1. The normalized spacial score (nSPS) is 19.9. The van der Waals surface area contributed by atoms with Gasteiger partial charge >= 0.3 is 7.12 Å². The third-order valence-corrected chi connectivity index (χ3v) is 25.6. The number of benzene rings is 6. The van der Waals surface area contributed by atoms with E-state index >= 15 is 0 Å². The number of halogens is 4. The van der Waals surface area contributed by atoms with Crippen LogP contribution in [0.3, 0.4) is 0 Å². The number of ether oxygens (including phenoxy) is 4. The Morgan fingerprint density at radius 1 is 0.468 bits per heavy atom. The van der Waals surface area contributed by atoms with Gasteiger partial charge in [0, 0.05) is 58.1 Å². The number of sulfone groups is 3. The van der Waals surface area contributed by atoms with Gasteiger partial charge in [0.2, 0.25) is 0 Å². The maximum atomic E-state index is 12.9. The van der Waals surface area contributed by atoms with Gasteiger partial charge in [-0.3, -0.25) is 4.79 Å². The summed E-state index contributed by atoms with van der Waals surface area (Å²) in [4.78, 5) is 12.2. The molecule has 0 atom stereocenters. The van der Waals surface area contributed by atoms with Crippen molar-refractivity contribution < 1.29 is 58.3 Å². The monoisotopic (exact) mass is 1460 g/mol. The summed E-state index contributed by atoms with van der Waals surface area (Å²) in [6.45, 7) is 10.5. The Hall–Kier alpha value is -5.52. The average molecular weight is 1460 g/mol. The molecule has 6 aromatic carbocycles. The summed E-state index contributed by atoms with van der Waals surface area (Å²) in [6, 6.07) is 41.7. The lowest BCUT2D eigenvalue weighted by Gasteiger charge is -2.35. The van der Waals surface area contributed by atoms with Crippen molar-refractivity contribution in [2.45, 2.75) is 142 Å². The van der Waals surface area contributed by atoms with Crippen LogP contribution >= 0.6 is 50.7 Å². The molecule has 16 nitrogen and oxygen atoms in total. The zero-order chi connectivity index (χ0) is 67.7. The molecular formula is C70H74BBrCl3N3O13S3. The predicted molar refractivity (Wildman–Crippen MR) is 366 cm³/mol. The lowest BCUT2D eigenvalue weighted by atomic mass is 9.79. The van der Waals surface area contributed by atoms with Gasteiger partial charge in [-0.25, -0.2) is 25.3 Å². The molecule has 6 aromatic rings. The second-order valence-electron chi connectivity index (χ2n) is 25.5. The van der Waals surface area contributed by atoms with Crippen molar-refractivity contribution in [3.8, 4) is 40.5 Å². The summed E-state index contributed by atoms with van der Waals surface area (Å²) in [5, 5.41) is 28.6. The first-order valence-corrected chi connectivity index (χ1v) is 38.1. The maximum absolute atomic E-state index is 12.9. The number of nitrogens with zero attached hydrogens (tertiary/aromatic N) is 3. The fourth-order valence-corrected chi connectivity index (χ4v) is 18.3. The topological polar surface area (TPSA) is 246 Å². The Bertz CT molecular complexity index is 4140. The molecule has 0 bridgehead atoms. The zero-order valence-electron chi connectivity index (χ0n) is 52.8. The number of hydrogen-bond donors (Lipinski definition) is 0. The van der Waals surface area contributed by atoms with Crippen molar-refractivity contribution in [2.75, 3.05) is 43.7 Å². The molecule has 3 aliphatic carbocycles. The summed E-state index contributed by atoms with van der Waals surface area (Å²) >= 11 is 20.7. The Kier molecular flexibility index (Phi) is 23.9. The summed E-state index contributed by atoms with van der Waals surface area (Å²) in [5.74, 6) is -0.0433. The highest BCUT2D eigenvalue weighted by Crippen LogP contribution is 2.42. The predicted octanol–water partition coefficient (Wildman–Crippen LogP) is 14.7. The van der Waals surface area contributed by atoms with E-state index in [0.29, 0.717) is 99.2 Å². The largest absolute Gasteiger partial charge is 0.494 e. The highest BCUT2D eigenvalue weighted by molar-refractivity contribution is 9.10. The van der Waals surface area contributed by atoms with E-state index in [1.807, 2.05) is 33.8 Å². The van der Waals surface area contributed by atoms with Crippen LogP contribution in [0.4, 0.5) is 0 Å². The molecular weight excluding hydrogens is 1380 g/mol. The minimum Gasteiger partial charge on any atom is -0.399 e. The zero-order valence-corrected chi connectivity index (χ0v) is 59.1. The van der Waals surface area contributed by atoms with E-state index in [2.05, 4.69) is 28.1 Å². The van der Waals surface area contributed by atoms with Crippen molar-refractivity contribution in [1.29, 1.82) is 15.8 Å². The van der Waals surface area contributed by atoms with E-state index < -0.39 is 59.4 Å². The fraction of sp³-hybridized carbons (Fsp3) is 0.429. The Morgan fingerprint density at radius 3 is 1.13 bits per heavy atom. The van der Waals surface area contributed by atoms with Crippen LogP contribution in [0.5, 0.6) is 0 Å². The molecule has 0 aromatic heterocycles. The first kappa shape index (κ1) is 72.7. The molecule has 496 valence electrons. The molecule has 6 fully saturated rings. The minimum absolute atomic E-state index is 0.0406. The molecule has 3 heterocycles. The number of carbonyl (C=O) groups is 1.